The average molecular weight is 284 g/mol. The molecular formula is C16H20N4O. The fraction of sp³-hybridized carbons (Fsp3) is 0.312. The summed E-state index contributed by atoms with van der Waals surface area (Å²) in [5, 5.41) is 3.15. The van der Waals surface area contributed by atoms with Crippen LogP contribution >= 0.6 is 0 Å². The molecular weight excluding hydrogens is 264 g/mol. The molecule has 0 fully saturated rings. The van der Waals surface area contributed by atoms with Crippen molar-refractivity contribution in [1.82, 2.24) is 14.9 Å². The van der Waals surface area contributed by atoms with Crippen LogP contribution in [-0.4, -0.2) is 34.4 Å². The first-order valence-corrected chi connectivity index (χ1v) is 6.98. The van der Waals surface area contributed by atoms with Crippen LogP contribution in [0, 0.1) is 6.92 Å². The second-order valence-corrected chi connectivity index (χ2v) is 4.89. The molecule has 0 radical (unpaired) electrons. The smallest absolute Gasteiger partial charge is 0.272 e. The second kappa shape index (κ2) is 6.83. The zero-order valence-electron chi connectivity index (χ0n) is 12.6. The van der Waals surface area contributed by atoms with Crippen LogP contribution in [0.15, 0.2) is 36.5 Å². The van der Waals surface area contributed by atoms with Crippen LogP contribution in [0.1, 0.15) is 28.8 Å². The van der Waals surface area contributed by atoms with E-state index in [2.05, 4.69) is 15.3 Å². The molecule has 0 saturated heterocycles. The minimum atomic E-state index is -0.110. The van der Waals surface area contributed by atoms with Gasteiger partial charge >= 0.3 is 0 Å². The van der Waals surface area contributed by atoms with E-state index >= 15 is 0 Å². The van der Waals surface area contributed by atoms with Crippen molar-refractivity contribution < 1.29 is 4.79 Å². The number of anilines is 1. The van der Waals surface area contributed by atoms with Gasteiger partial charge in [-0.25, -0.2) is 4.98 Å². The van der Waals surface area contributed by atoms with Crippen molar-refractivity contribution in [3.63, 3.8) is 0 Å². The summed E-state index contributed by atoms with van der Waals surface area (Å²) in [5.74, 6) is -0.110. The number of amides is 1. The van der Waals surface area contributed by atoms with Gasteiger partial charge in [-0.05, 0) is 38.1 Å². The van der Waals surface area contributed by atoms with Crippen molar-refractivity contribution in [3.8, 4) is 0 Å². The quantitative estimate of drug-likeness (QED) is 0.916. The van der Waals surface area contributed by atoms with Crippen molar-refractivity contribution in [2.24, 2.45) is 0 Å². The maximum atomic E-state index is 12.3. The van der Waals surface area contributed by atoms with E-state index < -0.39 is 0 Å². The van der Waals surface area contributed by atoms with Crippen LogP contribution in [-0.2, 0) is 6.54 Å². The SMILES string of the molecule is CCNc1ccc(C(=O)N(C)Cc2cccc(C)n2)nc1. The Morgan fingerprint density at radius 1 is 1.29 bits per heavy atom. The molecule has 0 spiro atoms. The van der Waals surface area contributed by atoms with Crippen LogP contribution in [0.5, 0.6) is 0 Å². The van der Waals surface area contributed by atoms with E-state index in [1.54, 1.807) is 24.2 Å². The molecule has 0 bridgehead atoms. The fourth-order valence-corrected chi connectivity index (χ4v) is 2.03. The van der Waals surface area contributed by atoms with Crippen LogP contribution < -0.4 is 5.32 Å². The minimum absolute atomic E-state index is 0.110. The zero-order valence-corrected chi connectivity index (χ0v) is 12.6. The molecule has 5 heteroatoms. The second-order valence-electron chi connectivity index (χ2n) is 4.89. The summed E-state index contributed by atoms with van der Waals surface area (Å²) < 4.78 is 0. The van der Waals surface area contributed by atoms with E-state index in [-0.39, 0.29) is 5.91 Å². The molecule has 0 unspecified atom stereocenters. The van der Waals surface area contributed by atoms with Crippen molar-refractivity contribution in [2.45, 2.75) is 20.4 Å². The van der Waals surface area contributed by atoms with Gasteiger partial charge in [0.05, 0.1) is 24.1 Å². The van der Waals surface area contributed by atoms with Gasteiger partial charge in [-0.15, -0.1) is 0 Å². The minimum Gasteiger partial charge on any atom is -0.384 e. The summed E-state index contributed by atoms with van der Waals surface area (Å²) >= 11 is 0. The first-order chi connectivity index (χ1) is 10.1. The Labute approximate surface area is 125 Å². The summed E-state index contributed by atoms with van der Waals surface area (Å²) in [6.45, 7) is 5.25. The number of carbonyl (C=O) groups is 1. The summed E-state index contributed by atoms with van der Waals surface area (Å²) in [6.07, 6.45) is 1.68. The van der Waals surface area contributed by atoms with E-state index in [4.69, 9.17) is 0 Å². The predicted octanol–water partition coefficient (Wildman–Crippen LogP) is 2.49. The van der Waals surface area contributed by atoms with E-state index in [9.17, 15) is 4.79 Å². The first-order valence-electron chi connectivity index (χ1n) is 6.98. The number of aryl methyl sites for hydroxylation is 1. The van der Waals surface area contributed by atoms with E-state index in [0.717, 1.165) is 23.6 Å². The average Bonchev–Trinajstić information content (AvgIpc) is 2.47. The molecule has 0 saturated carbocycles. The lowest BCUT2D eigenvalue weighted by Gasteiger charge is -2.16. The third kappa shape index (κ3) is 4.02. The molecule has 0 aliphatic heterocycles. The Kier molecular flexibility index (Phi) is 4.87. The van der Waals surface area contributed by atoms with Gasteiger partial charge < -0.3 is 10.2 Å². The van der Waals surface area contributed by atoms with Gasteiger partial charge in [-0.2, -0.15) is 0 Å². The molecule has 0 aromatic carbocycles. The highest BCUT2D eigenvalue weighted by Gasteiger charge is 2.13. The van der Waals surface area contributed by atoms with Crippen LogP contribution in [0.3, 0.4) is 0 Å². The van der Waals surface area contributed by atoms with Gasteiger partial charge in [-0.1, -0.05) is 6.07 Å². The highest BCUT2D eigenvalue weighted by atomic mass is 16.2. The highest BCUT2D eigenvalue weighted by molar-refractivity contribution is 5.92. The lowest BCUT2D eigenvalue weighted by atomic mass is 10.2. The van der Waals surface area contributed by atoms with Gasteiger partial charge in [0.2, 0.25) is 0 Å². The monoisotopic (exact) mass is 284 g/mol. The van der Waals surface area contributed by atoms with Crippen molar-refractivity contribution >= 4 is 11.6 Å². The van der Waals surface area contributed by atoms with Gasteiger partial charge in [-0.3, -0.25) is 9.78 Å². The maximum Gasteiger partial charge on any atom is 0.272 e. The molecule has 2 rings (SSSR count). The number of nitrogens with zero attached hydrogens (tertiary/aromatic N) is 3. The van der Waals surface area contributed by atoms with Crippen molar-refractivity contribution in [2.75, 3.05) is 18.9 Å². The van der Waals surface area contributed by atoms with E-state index in [0.29, 0.717) is 12.2 Å². The van der Waals surface area contributed by atoms with Gasteiger partial charge in [0.1, 0.15) is 5.69 Å². The molecule has 1 amide bonds. The third-order valence-electron chi connectivity index (χ3n) is 3.06. The van der Waals surface area contributed by atoms with E-state index in [1.165, 1.54) is 0 Å². The lowest BCUT2D eigenvalue weighted by Crippen LogP contribution is -2.27. The molecule has 2 aromatic rings. The third-order valence-corrected chi connectivity index (χ3v) is 3.06. The Morgan fingerprint density at radius 3 is 2.71 bits per heavy atom. The molecule has 2 aromatic heterocycles. The Balaban J connectivity index is 2.04. The molecule has 0 atom stereocenters. The number of pyridine rings is 2. The topological polar surface area (TPSA) is 58.1 Å². The molecule has 0 aliphatic carbocycles. The van der Waals surface area contributed by atoms with Crippen LogP contribution in [0.2, 0.25) is 0 Å². The van der Waals surface area contributed by atoms with Gasteiger partial charge in [0.15, 0.2) is 0 Å². The number of carbonyl (C=O) groups excluding carboxylic acids is 1. The summed E-state index contributed by atoms with van der Waals surface area (Å²) in [7, 11) is 1.76. The van der Waals surface area contributed by atoms with Crippen molar-refractivity contribution in [3.05, 3.63) is 53.6 Å². The number of hydrogen-bond acceptors (Lipinski definition) is 4. The Morgan fingerprint density at radius 2 is 2.10 bits per heavy atom. The molecule has 0 aliphatic rings. The Bertz CT molecular complexity index is 610. The number of aromatic nitrogens is 2. The standard InChI is InChI=1S/C16H20N4O/c1-4-17-13-8-9-15(18-10-13)16(21)20(3)11-14-7-5-6-12(2)19-14/h5-10,17H,4,11H2,1-3H3. The molecule has 5 nitrogen and oxygen atoms in total. The Hall–Kier alpha value is -2.43. The summed E-state index contributed by atoms with van der Waals surface area (Å²) in [4.78, 5) is 22.5. The molecule has 21 heavy (non-hydrogen) atoms. The number of hydrogen-bond donors (Lipinski definition) is 1. The zero-order chi connectivity index (χ0) is 15.2. The highest BCUT2D eigenvalue weighted by Crippen LogP contribution is 2.09. The van der Waals surface area contributed by atoms with Crippen molar-refractivity contribution in [1.29, 1.82) is 0 Å². The molecule has 1 N–H and O–H groups in total. The maximum absolute atomic E-state index is 12.3. The molecule has 2 heterocycles. The van der Waals surface area contributed by atoms with E-state index in [1.807, 2.05) is 38.1 Å². The van der Waals surface area contributed by atoms with Gasteiger partial charge in [0.25, 0.3) is 5.91 Å². The summed E-state index contributed by atoms with van der Waals surface area (Å²) in [6, 6.07) is 9.40. The lowest BCUT2D eigenvalue weighted by molar-refractivity contribution is 0.0777. The predicted molar refractivity (Wildman–Crippen MR) is 83.2 cm³/mol. The summed E-state index contributed by atoms with van der Waals surface area (Å²) in [5.41, 5.74) is 3.17. The number of nitrogens with one attached hydrogen (secondary N) is 1. The molecule has 110 valence electrons. The first kappa shape index (κ1) is 15.0. The number of rotatable bonds is 5. The fourth-order valence-electron chi connectivity index (χ4n) is 2.03. The normalized spacial score (nSPS) is 10.2. The van der Waals surface area contributed by atoms with Gasteiger partial charge in [0, 0.05) is 19.3 Å². The van der Waals surface area contributed by atoms with Crippen LogP contribution in [0.4, 0.5) is 5.69 Å². The van der Waals surface area contributed by atoms with Crippen LogP contribution in [0.25, 0.3) is 0 Å². The largest absolute Gasteiger partial charge is 0.384 e.